The summed E-state index contributed by atoms with van der Waals surface area (Å²) < 4.78 is 4.75. The molecule has 0 spiro atoms. The number of methoxy groups -OCH3 is 1. The molecule has 2 aromatic heterocycles. The summed E-state index contributed by atoms with van der Waals surface area (Å²) in [6.45, 7) is 3.86. The van der Waals surface area contributed by atoms with Gasteiger partial charge in [-0.05, 0) is 12.0 Å². The van der Waals surface area contributed by atoms with Gasteiger partial charge in [0.15, 0.2) is 10.8 Å². The molecule has 2 N–H and O–H groups in total. The second-order valence-electron chi connectivity index (χ2n) is 5.91. The summed E-state index contributed by atoms with van der Waals surface area (Å²) in [5.41, 5.74) is 0.261. The van der Waals surface area contributed by atoms with Gasteiger partial charge in [-0.3, -0.25) is 14.9 Å². The van der Waals surface area contributed by atoms with Gasteiger partial charge in [-0.2, -0.15) is 0 Å². The maximum absolute atomic E-state index is 12.7. The number of nitrogens with one attached hydrogen (secondary N) is 2. The number of rotatable bonds is 4. The topological polar surface area (TPSA) is 101 Å². The van der Waals surface area contributed by atoms with Gasteiger partial charge in [0.25, 0.3) is 11.5 Å². The third-order valence-electron chi connectivity index (χ3n) is 3.83. The number of aromatic amines is 1. The van der Waals surface area contributed by atoms with Crippen LogP contribution in [0.3, 0.4) is 0 Å². The van der Waals surface area contributed by atoms with Crippen molar-refractivity contribution in [2.45, 2.75) is 19.8 Å². The molecule has 0 atom stereocenters. The Kier molecular flexibility index (Phi) is 4.85. The number of ether oxygens (including phenoxy) is 1. The van der Waals surface area contributed by atoms with Crippen molar-refractivity contribution in [2.24, 2.45) is 0 Å². The Hall–Kier alpha value is -3.00. The molecule has 134 valence electrons. The standard InChI is InChI=1S/C18H17N3O4S/c1-9(2)14-13(17(24)25-3)20-18(26-14)21-16(23)12-8-19-15(22)11-7-5-4-6-10(11)12/h4-9H,1-3H3,(H,19,22)(H,20,21,23). The average molecular weight is 371 g/mol. The van der Waals surface area contributed by atoms with Crippen molar-refractivity contribution in [1.82, 2.24) is 9.97 Å². The van der Waals surface area contributed by atoms with Crippen LogP contribution in [0.1, 0.15) is 45.5 Å². The Morgan fingerprint density at radius 3 is 2.58 bits per heavy atom. The first-order valence-corrected chi connectivity index (χ1v) is 8.74. The fourth-order valence-electron chi connectivity index (χ4n) is 2.58. The molecule has 0 saturated heterocycles. The third kappa shape index (κ3) is 3.23. The minimum Gasteiger partial charge on any atom is -0.464 e. The van der Waals surface area contributed by atoms with E-state index in [0.29, 0.717) is 21.5 Å². The molecule has 3 rings (SSSR count). The summed E-state index contributed by atoms with van der Waals surface area (Å²) in [6, 6.07) is 6.85. The second-order valence-corrected chi connectivity index (χ2v) is 6.94. The van der Waals surface area contributed by atoms with E-state index < -0.39 is 11.9 Å². The van der Waals surface area contributed by atoms with Gasteiger partial charge in [0.05, 0.1) is 12.7 Å². The lowest BCUT2D eigenvalue weighted by molar-refractivity contribution is 0.0593. The van der Waals surface area contributed by atoms with Crippen molar-refractivity contribution in [3.05, 3.63) is 57.0 Å². The molecular formula is C18H17N3O4S. The van der Waals surface area contributed by atoms with Crippen LogP contribution in [0.5, 0.6) is 0 Å². The average Bonchev–Trinajstić information content (AvgIpc) is 3.05. The van der Waals surface area contributed by atoms with Gasteiger partial charge < -0.3 is 9.72 Å². The fourth-order valence-corrected chi connectivity index (χ4v) is 3.53. The fraction of sp³-hybridized carbons (Fsp3) is 0.222. The van der Waals surface area contributed by atoms with E-state index in [1.54, 1.807) is 24.3 Å². The number of anilines is 1. The Morgan fingerprint density at radius 1 is 1.23 bits per heavy atom. The molecule has 2 heterocycles. The predicted octanol–water partition coefficient (Wildman–Crippen LogP) is 3.15. The number of carbonyl (C=O) groups is 2. The quantitative estimate of drug-likeness (QED) is 0.686. The zero-order valence-corrected chi connectivity index (χ0v) is 15.3. The minimum atomic E-state index is -0.542. The van der Waals surface area contributed by atoms with E-state index in [0.717, 1.165) is 4.88 Å². The van der Waals surface area contributed by atoms with E-state index in [2.05, 4.69) is 15.3 Å². The maximum atomic E-state index is 12.7. The molecule has 0 saturated carbocycles. The van der Waals surface area contributed by atoms with Gasteiger partial charge in [-0.25, -0.2) is 9.78 Å². The van der Waals surface area contributed by atoms with Gasteiger partial charge in [0, 0.05) is 21.8 Å². The van der Waals surface area contributed by atoms with Crippen molar-refractivity contribution in [3.63, 3.8) is 0 Å². The van der Waals surface area contributed by atoms with E-state index in [-0.39, 0.29) is 17.2 Å². The zero-order chi connectivity index (χ0) is 18.8. The highest BCUT2D eigenvalue weighted by molar-refractivity contribution is 7.16. The monoisotopic (exact) mass is 371 g/mol. The van der Waals surface area contributed by atoms with Crippen molar-refractivity contribution in [3.8, 4) is 0 Å². The van der Waals surface area contributed by atoms with Crippen LogP contribution < -0.4 is 10.9 Å². The number of amides is 1. The molecular weight excluding hydrogens is 354 g/mol. The normalized spacial score (nSPS) is 10.9. The highest BCUT2D eigenvalue weighted by atomic mass is 32.1. The number of fused-ring (bicyclic) bond motifs is 1. The van der Waals surface area contributed by atoms with Crippen LogP contribution >= 0.6 is 11.3 Å². The lowest BCUT2D eigenvalue weighted by atomic mass is 10.1. The molecule has 1 amide bonds. The first-order chi connectivity index (χ1) is 12.4. The van der Waals surface area contributed by atoms with Gasteiger partial charge >= 0.3 is 5.97 Å². The molecule has 8 heteroatoms. The Balaban J connectivity index is 1.98. The van der Waals surface area contributed by atoms with E-state index in [1.165, 1.54) is 24.6 Å². The molecule has 0 fully saturated rings. The lowest BCUT2D eigenvalue weighted by Gasteiger charge is -2.05. The zero-order valence-electron chi connectivity index (χ0n) is 14.5. The molecule has 0 unspecified atom stereocenters. The van der Waals surface area contributed by atoms with E-state index in [1.807, 2.05) is 13.8 Å². The van der Waals surface area contributed by atoms with Gasteiger partial charge in [-0.1, -0.05) is 32.0 Å². The Bertz CT molecular complexity index is 1050. The molecule has 0 aliphatic rings. The van der Waals surface area contributed by atoms with Crippen LogP contribution in [0.25, 0.3) is 10.8 Å². The number of hydrogen-bond acceptors (Lipinski definition) is 6. The van der Waals surface area contributed by atoms with Crippen LogP contribution in [0, 0.1) is 0 Å². The number of esters is 1. The SMILES string of the molecule is COC(=O)c1nc(NC(=O)c2c[nH]c(=O)c3ccccc23)sc1C(C)C. The first kappa shape index (κ1) is 17.8. The number of benzene rings is 1. The molecule has 0 radical (unpaired) electrons. The number of nitrogens with zero attached hydrogens (tertiary/aromatic N) is 1. The van der Waals surface area contributed by atoms with E-state index in [4.69, 9.17) is 4.74 Å². The molecule has 7 nitrogen and oxygen atoms in total. The summed E-state index contributed by atoms with van der Waals surface area (Å²) in [5, 5.41) is 3.98. The summed E-state index contributed by atoms with van der Waals surface area (Å²) in [7, 11) is 1.29. The number of H-pyrrole nitrogens is 1. The molecule has 26 heavy (non-hydrogen) atoms. The Labute approximate surface area is 153 Å². The lowest BCUT2D eigenvalue weighted by Crippen LogP contribution is -2.16. The predicted molar refractivity (Wildman–Crippen MR) is 100 cm³/mol. The van der Waals surface area contributed by atoms with E-state index >= 15 is 0 Å². The first-order valence-electron chi connectivity index (χ1n) is 7.93. The van der Waals surface area contributed by atoms with Gasteiger partial charge in [0.2, 0.25) is 0 Å². The van der Waals surface area contributed by atoms with E-state index in [9.17, 15) is 14.4 Å². The number of hydrogen-bond donors (Lipinski definition) is 2. The summed E-state index contributed by atoms with van der Waals surface area (Å²) in [6.07, 6.45) is 1.37. The van der Waals surface area contributed by atoms with Gasteiger partial charge in [-0.15, -0.1) is 11.3 Å². The second kappa shape index (κ2) is 7.09. The van der Waals surface area contributed by atoms with Crippen LogP contribution in [0.4, 0.5) is 5.13 Å². The largest absolute Gasteiger partial charge is 0.464 e. The smallest absolute Gasteiger partial charge is 0.357 e. The van der Waals surface area contributed by atoms with Crippen LogP contribution in [0.2, 0.25) is 0 Å². The highest BCUT2D eigenvalue weighted by Crippen LogP contribution is 2.30. The van der Waals surface area contributed by atoms with Crippen LogP contribution in [0.15, 0.2) is 35.3 Å². The number of thiazole rings is 1. The molecule has 1 aromatic carbocycles. The van der Waals surface area contributed by atoms with Crippen molar-refractivity contribution < 1.29 is 14.3 Å². The third-order valence-corrected chi connectivity index (χ3v) is 5.10. The molecule has 0 aliphatic carbocycles. The highest BCUT2D eigenvalue weighted by Gasteiger charge is 2.22. The van der Waals surface area contributed by atoms with Gasteiger partial charge in [0.1, 0.15) is 0 Å². The number of pyridine rings is 1. The Morgan fingerprint density at radius 2 is 1.92 bits per heavy atom. The number of aromatic nitrogens is 2. The summed E-state index contributed by atoms with van der Waals surface area (Å²) >= 11 is 1.23. The van der Waals surface area contributed by atoms with Crippen molar-refractivity contribution in [1.29, 1.82) is 0 Å². The number of carbonyl (C=O) groups excluding carboxylic acids is 2. The molecule has 0 aliphatic heterocycles. The van der Waals surface area contributed by atoms with Crippen LogP contribution in [-0.4, -0.2) is 29.0 Å². The maximum Gasteiger partial charge on any atom is 0.357 e. The van der Waals surface area contributed by atoms with Crippen molar-refractivity contribution >= 4 is 39.1 Å². The summed E-state index contributed by atoms with van der Waals surface area (Å²) in [5.74, 6) is -0.904. The summed E-state index contributed by atoms with van der Waals surface area (Å²) in [4.78, 5) is 44.0. The molecule has 3 aromatic rings. The van der Waals surface area contributed by atoms with Crippen LogP contribution in [-0.2, 0) is 4.74 Å². The van der Waals surface area contributed by atoms with Crippen molar-refractivity contribution in [2.75, 3.05) is 12.4 Å². The molecule has 0 bridgehead atoms. The minimum absolute atomic E-state index is 0.0566.